The zero-order valence-corrected chi connectivity index (χ0v) is 14.2. The van der Waals surface area contributed by atoms with Gasteiger partial charge in [0, 0.05) is 12.6 Å². The van der Waals surface area contributed by atoms with Crippen molar-refractivity contribution in [2.24, 2.45) is 5.73 Å². The van der Waals surface area contributed by atoms with Gasteiger partial charge >= 0.3 is 0 Å². The molecule has 0 aliphatic carbocycles. The second-order valence-corrected chi connectivity index (χ2v) is 5.85. The van der Waals surface area contributed by atoms with E-state index in [4.69, 9.17) is 5.73 Å². The maximum atomic E-state index is 12.5. The average molecular weight is 328 g/mol. The molecule has 1 aromatic carbocycles. The smallest absolute Gasteiger partial charge is 0.272 e. The van der Waals surface area contributed by atoms with E-state index in [9.17, 15) is 9.59 Å². The number of benzene rings is 1. The van der Waals surface area contributed by atoms with Gasteiger partial charge in [-0.05, 0) is 24.5 Å². The van der Waals surface area contributed by atoms with E-state index < -0.39 is 5.54 Å². The molecule has 0 aliphatic heterocycles. The minimum atomic E-state index is -0.445. The minimum absolute atomic E-state index is 0.213. The Labute approximate surface area is 141 Å². The Morgan fingerprint density at radius 2 is 1.83 bits per heavy atom. The number of nitrogens with two attached hydrogens (primary N) is 1. The Hall–Kier alpha value is -2.47. The monoisotopic (exact) mass is 328 g/mol. The Kier molecular flexibility index (Phi) is 5.87. The van der Waals surface area contributed by atoms with Crippen molar-refractivity contribution in [3.05, 3.63) is 64.1 Å². The fourth-order valence-corrected chi connectivity index (χ4v) is 2.51. The Balaban J connectivity index is 2.24. The zero-order valence-electron chi connectivity index (χ0n) is 14.2. The Morgan fingerprint density at radius 3 is 2.42 bits per heavy atom. The van der Waals surface area contributed by atoms with Crippen LogP contribution in [0.15, 0.2) is 47.3 Å². The van der Waals surface area contributed by atoms with E-state index >= 15 is 0 Å². The SMILES string of the molecule is CCC(CC)(CN)NC(=O)c1ccc(=O)n(Cc2ccccc2)n1. The van der Waals surface area contributed by atoms with Gasteiger partial charge in [-0.2, -0.15) is 5.10 Å². The van der Waals surface area contributed by atoms with Gasteiger partial charge in [0.25, 0.3) is 11.5 Å². The first-order valence-electron chi connectivity index (χ1n) is 8.18. The van der Waals surface area contributed by atoms with E-state index in [0.717, 1.165) is 18.4 Å². The standard InChI is InChI=1S/C18H24N4O2/c1-3-18(4-2,13-19)20-17(24)15-10-11-16(23)22(21-15)12-14-8-6-5-7-9-14/h5-11H,3-4,12-13,19H2,1-2H3,(H,20,24). The van der Waals surface area contributed by atoms with Crippen molar-refractivity contribution in [2.45, 2.75) is 38.8 Å². The summed E-state index contributed by atoms with van der Waals surface area (Å²) in [6.07, 6.45) is 1.46. The summed E-state index contributed by atoms with van der Waals surface area (Å²) >= 11 is 0. The summed E-state index contributed by atoms with van der Waals surface area (Å²) in [5.74, 6) is -0.314. The Morgan fingerprint density at radius 1 is 1.17 bits per heavy atom. The molecule has 1 amide bonds. The van der Waals surface area contributed by atoms with Crippen molar-refractivity contribution >= 4 is 5.91 Å². The maximum Gasteiger partial charge on any atom is 0.272 e. The van der Waals surface area contributed by atoms with Crippen LogP contribution in [0.5, 0.6) is 0 Å². The fourth-order valence-electron chi connectivity index (χ4n) is 2.51. The second kappa shape index (κ2) is 7.88. The van der Waals surface area contributed by atoms with Crippen LogP contribution in [-0.2, 0) is 6.54 Å². The number of amides is 1. The van der Waals surface area contributed by atoms with Crippen molar-refractivity contribution in [3.63, 3.8) is 0 Å². The zero-order chi connectivity index (χ0) is 17.6. The van der Waals surface area contributed by atoms with Crippen molar-refractivity contribution < 1.29 is 4.79 Å². The first kappa shape index (κ1) is 17.9. The molecule has 0 atom stereocenters. The molecule has 0 aliphatic rings. The first-order chi connectivity index (χ1) is 11.5. The summed E-state index contributed by atoms with van der Waals surface area (Å²) in [4.78, 5) is 24.5. The minimum Gasteiger partial charge on any atom is -0.344 e. The van der Waals surface area contributed by atoms with Gasteiger partial charge in [0.1, 0.15) is 5.69 Å². The lowest BCUT2D eigenvalue weighted by atomic mass is 9.93. The molecule has 0 radical (unpaired) electrons. The molecule has 24 heavy (non-hydrogen) atoms. The normalized spacial score (nSPS) is 11.3. The number of carbonyl (C=O) groups is 1. The van der Waals surface area contributed by atoms with Crippen LogP contribution in [0.2, 0.25) is 0 Å². The third-order valence-electron chi connectivity index (χ3n) is 4.40. The first-order valence-corrected chi connectivity index (χ1v) is 8.18. The van der Waals surface area contributed by atoms with Gasteiger partial charge in [0.05, 0.1) is 12.1 Å². The lowest BCUT2D eigenvalue weighted by Crippen LogP contribution is -2.53. The van der Waals surface area contributed by atoms with Crippen molar-refractivity contribution in [1.29, 1.82) is 0 Å². The highest BCUT2D eigenvalue weighted by Gasteiger charge is 2.27. The molecule has 2 aromatic rings. The molecule has 0 saturated heterocycles. The van der Waals surface area contributed by atoms with Gasteiger partial charge in [-0.1, -0.05) is 44.2 Å². The summed E-state index contributed by atoms with van der Waals surface area (Å²) in [6.45, 7) is 4.65. The molecule has 0 unspecified atom stereocenters. The van der Waals surface area contributed by atoms with Crippen LogP contribution < -0.4 is 16.6 Å². The van der Waals surface area contributed by atoms with E-state index in [2.05, 4.69) is 10.4 Å². The molecule has 6 nitrogen and oxygen atoms in total. The molecule has 128 valence electrons. The van der Waals surface area contributed by atoms with Gasteiger partial charge < -0.3 is 11.1 Å². The van der Waals surface area contributed by atoms with E-state index in [1.807, 2.05) is 44.2 Å². The van der Waals surface area contributed by atoms with Gasteiger partial charge in [0.15, 0.2) is 0 Å². The number of hydrogen-bond donors (Lipinski definition) is 2. The van der Waals surface area contributed by atoms with Crippen LogP contribution in [0.1, 0.15) is 42.7 Å². The summed E-state index contributed by atoms with van der Waals surface area (Å²) < 4.78 is 1.30. The molecule has 2 rings (SSSR count). The Bertz CT molecular complexity index is 728. The number of nitrogens with one attached hydrogen (secondary N) is 1. The number of rotatable bonds is 7. The highest BCUT2D eigenvalue weighted by Crippen LogP contribution is 2.14. The quantitative estimate of drug-likeness (QED) is 0.807. The molecular weight excluding hydrogens is 304 g/mol. The number of carbonyl (C=O) groups excluding carboxylic acids is 1. The van der Waals surface area contributed by atoms with Crippen LogP contribution in [0.4, 0.5) is 0 Å². The summed E-state index contributed by atoms with van der Waals surface area (Å²) in [6, 6.07) is 12.3. The van der Waals surface area contributed by atoms with E-state index in [1.165, 1.54) is 16.8 Å². The number of hydrogen-bond acceptors (Lipinski definition) is 4. The predicted molar refractivity (Wildman–Crippen MR) is 93.9 cm³/mol. The van der Waals surface area contributed by atoms with Crippen molar-refractivity contribution in [1.82, 2.24) is 15.1 Å². The molecule has 6 heteroatoms. The molecule has 3 N–H and O–H groups in total. The topological polar surface area (TPSA) is 90.0 Å². The third-order valence-corrected chi connectivity index (χ3v) is 4.40. The van der Waals surface area contributed by atoms with Gasteiger partial charge in [0.2, 0.25) is 0 Å². The predicted octanol–water partition coefficient (Wildman–Crippen LogP) is 1.54. The van der Waals surface area contributed by atoms with Gasteiger partial charge in [-0.15, -0.1) is 0 Å². The summed E-state index contributed by atoms with van der Waals surface area (Å²) in [7, 11) is 0. The number of nitrogens with zero attached hydrogens (tertiary/aromatic N) is 2. The molecule has 0 bridgehead atoms. The average Bonchev–Trinajstić information content (AvgIpc) is 2.62. The largest absolute Gasteiger partial charge is 0.344 e. The van der Waals surface area contributed by atoms with E-state index in [0.29, 0.717) is 13.1 Å². The molecule has 0 saturated carbocycles. The summed E-state index contributed by atoms with van der Waals surface area (Å²) in [5.41, 5.74) is 6.29. The maximum absolute atomic E-state index is 12.5. The molecule has 0 fully saturated rings. The van der Waals surface area contributed by atoms with Crippen LogP contribution in [0.25, 0.3) is 0 Å². The lowest BCUT2D eigenvalue weighted by Gasteiger charge is -2.31. The van der Waals surface area contributed by atoms with Crippen LogP contribution in [0, 0.1) is 0 Å². The summed E-state index contributed by atoms with van der Waals surface area (Å²) in [5, 5.41) is 7.17. The highest BCUT2D eigenvalue weighted by molar-refractivity contribution is 5.92. The lowest BCUT2D eigenvalue weighted by molar-refractivity contribution is 0.0887. The number of aromatic nitrogens is 2. The van der Waals surface area contributed by atoms with Crippen LogP contribution >= 0.6 is 0 Å². The van der Waals surface area contributed by atoms with Gasteiger partial charge in [-0.3, -0.25) is 9.59 Å². The highest BCUT2D eigenvalue weighted by atomic mass is 16.2. The van der Waals surface area contributed by atoms with Crippen molar-refractivity contribution in [3.8, 4) is 0 Å². The molecular formula is C18H24N4O2. The second-order valence-electron chi connectivity index (χ2n) is 5.85. The van der Waals surface area contributed by atoms with Crippen molar-refractivity contribution in [2.75, 3.05) is 6.54 Å². The molecule has 1 aromatic heterocycles. The fraction of sp³-hybridized carbons (Fsp3) is 0.389. The van der Waals surface area contributed by atoms with Crippen LogP contribution in [0.3, 0.4) is 0 Å². The molecule has 1 heterocycles. The van der Waals surface area contributed by atoms with Crippen LogP contribution in [-0.4, -0.2) is 27.8 Å². The molecule has 0 spiro atoms. The van der Waals surface area contributed by atoms with E-state index in [1.54, 1.807) is 0 Å². The van der Waals surface area contributed by atoms with E-state index in [-0.39, 0.29) is 17.2 Å². The van der Waals surface area contributed by atoms with Gasteiger partial charge in [-0.25, -0.2) is 4.68 Å². The third kappa shape index (κ3) is 4.08.